The van der Waals surface area contributed by atoms with E-state index in [1.807, 2.05) is 0 Å². The van der Waals surface area contributed by atoms with E-state index in [2.05, 4.69) is 36.5 Å². The van der Waals surface area contributed by atoms with Crippen molar-refractivity contribution in [2.24, 2.45) is 7.05 Å². The van der Waals surface area contributed by atoms with Crippen LogP contribution in [0.15, 0.2) is 6.20 Å². The zero-order valence-corrected chi connectivity index (χ0v) is 8.88. The van der Waals surface area contributed by atoms with Crippen molar-refractivity contribution in [2.75, 3.05) is 0 Å². The minimum Gasteiger partial charge on any atom is -0.158 e. The molecule has 0 N–H and O–H groups in total. The minimum absolute atomic E-state index is 0.667. The van der Waals surface area contributed by atoms with Gasteiger partial charge in [-0.15, -0.1) is 4.68 Å². The average molecular weight is 179 g/mol. The monoisotopic (exact) mass is 179 g/mol. The lowest BCUT2D eigenvalue weighted by molar-refractivity contribution is -0.754. The zero-order chi connectivity index (χ0) is 9.42. The van der Waals surface area contributed by atoms with Gasteiger partial charge in [-0.2, -0.15) is 4.68 Å². The van der Waals surface area contributed by atoms with Gasteiger partial charge in [0.05, 0.1) is 12.2 Å². The highest BCUT2D eigenvalue weighted by molar-refractivity contribution is 5.20. The van der Waals surface area contributed by atoms with Crippen molar-refractivity contribution in [1.82, 2.24) is 4.68 Å². The van der Waals surface area contributed by atoms with E-state index >= 15 is 0 Å². The quantitative estimate of drug-likeness (QED) is 0.581. The Morgan fingerprint density at radius 2 is 2.15 bits per heavy atom. The van der Waals surface area contributed by atoms with Crippen molar-refractivity contribution in [1.29, 1.82) is 0 Å². The number of aromatic nitrogens is 2. The first-order chi connectivity index (χ1) is 6.20. The van der Waals surface area contributed by atoms with Gasteiger partial charge < -0.3 is 0 Å². The Morgan fingerprint density at radius 1 is 1.38 bits per heavy atom. The predicted octanol–water partition coefficient (Wildman–Crippen LogP) is 1.77. The highest BCUT2D eigenvalue weighted by Gasteiger charge is 2.23. The van der Waals surface area contributed by atoms with Crippen molar-refractivity contribution in [3.63, 3.8) is 0 Å². The van der Waals surface area contributed by atoms with Crippen molar-refractivity contribution < 1.29 is 4.68 Å². The van der Waals surface area contributed by atoms with Gasteiger partial charge in [-0.3, -0.25) is 0 Å². The largest absolute Gasteiger partial charge is 0.199 e. The topological polar surface area (TPSA) is 8.81 Å². The van der Waals surface area contributed by atoms with Crippen LogP contribution in [0.2, 0.25) is 0 Å². The second-order valence-electron chi connectivity index (χ2n) is 4.34. The molecule has 2 rings (SSSR count). The third-order valence-electron chi connectivity index (χ3n) is 3.01. The second kappa shape index (κ2) is 3.17. The molecule has 1 aliphatic heterocycles. The van der Waals surface area contributed by atoms with Crippen molar-refractivity contribution >= 4 is 0 Å². The highest BCUT2D eigenvalue weighted by Crippen LogP contribution is 2.22. The molecule has 0 radical (unpaired) electrons. The summed E-state index contributed by atoms with van der Waals surface area (Å²) in [5, 5.41) is 0. The molecule has 2 nitrogen and oxygen atoms in total. The second-order valence-corrected chi connectivity index (χ2v) is 4.34. The fourth-order valence-corrected chi connectivity index (χ4v) is 2.29. The Morgan fingerprint density at radius 3 is 2.85 bits per heavy atom. The molecule has 0 bridgehead atoms. The predicted molar refractivity (Wildman–Crippen MR) is 52.6 cm³/mol. The Bertz CT molecular complexity index is 310. The summed E-state index contributed by atoms with van der Waals surface area (Å²) < 4.78 is 4.68. The minimum atomic E-state index is 0.667. The van der Waals surface area contributed by atoms with E-state index < -0.39 is 0 Å². The molecular formula is C11H19N2+. The van der Waals surface area contributed by atoms with Crippen LogP contribution in [0.3, 0.4) is 0 Å². The van der Waals surface area contributed by atoms with Gasteiger partial charge in [0.25, 0.3) is 0 Å². The first kappa shape index (κ1) is 8.79. The average Bonchev–Trinajstić information content (AvgIpc) is 2.45. The molecule has 0 amide bonds. The summed E-state index contributed by atoms with van der Waals surface area (Å²) in [6.07, 6.45) is 6.27. The third kappa shape index (κ3) is 1.38. The summed E-state index contributed by atoms with van der Waals surface area (Å²) in [5.41, 5.74) is 3.12. The molecule has 1 aromatic heterocycles. The Kier molecular flexibility index (Phi) is 2.14. The normalized spacial score (nSPS) is 16.3. The molecule has 0 saturated heterocycles. The fraction of sp³-hybridized carbons (Fsp3) is 0.727. The van der Waals surface area contributed by atoms with Crippen LogP contribution < -0.4 is 4.68 Å². The van der Waals surface area contributed by atoms with Crippen molar-refractivity contribution in [3.8, 4) is 0 Å². The van der Waals surface area contributed by atoms with Crippen LogP contribution in [0.25, 0.3) is 0 Å². The van der Waals surface area contributed by atoms with Gasteiger partial charge in [0.1, 0.15) is 0 Å². The van der Waals surface area contributed by atoms with E-state index in [0.717, 1.165) is 0 Å². The smallest absolute Gasteiger partial charge is 0.158 e. The van der Waals surface area contributed by atoms with Crippen LogP contribution in [0.4, 0.5) is 0 Å². The maximum atomic E-state index is 2.43. The summed E-state index contributed by atoms with van der Waals surface area (Å²) in [5.74, 6) is 0.667. The van der Waals surface area contributed by atoms with Gasteiger partial charge in [-0.25, -0.2) is 0 Å². The van der Waals surface area contributed by atoms with E-state index in [1.165, 1.54) is 25.8 Å². The van der Waals surface area contributed by atoms with Crippen LogP contribution in [0.1, 0.15) is 43.9 Å². The summed E-state index contributed by atoms with van der Waals surface area (Å²) in [6, 6.07) is 0. The van der Waals surface area contributed by atoms with E-state index in [1.54, 1.807) is 11.3 Å². The molecule has 1 aliphatic rings. The molecule has 0 spiro atoms. The van der Waals surface area contributed by atoms with Crippen LogP contribution in [0, 0.1) is 0 Å². The number of fused-ring (bicyclic) bond motifs is 1. The summed E-state index contributed by atoms with van der Waals surface area (Å²) in [4.78, 5) is 0. The lowest BCUT2D eigenvalue weighted by Gasteiger charge is -2.13. The number of aryl methyl sites for hydroxylation is 1. The molecule has 0 fully saturated rings. The standard InChI is InChI=1S/C11H19N2/c1-9(2)10-8-12(3)13-7-5-4-6-11(10)13/h8-9H,4-7H2,1-3H3/q+1. The van der Waals surface area contributed by atoms with E-state index in [0.29, 0.717) is 5.92 Å². The summed E-state index contributed by atoms with van der Waals surface area (Å²) in [7, 11) is 2.15. The summed E-state index contributed by atoms with van der Waals surface area (Å²) in [6.45, 7) is 5.77. The van der Waals surface area contributed by atoms with Gasteiger partial charge in [0.15, 0.2) is 13.2 Å². The first-order valence-corrected chi connectivity index (χ1v) is 5.28. The first-order valence-electron chi connectivity index (χ1n) is 5.28. The van der Waals surface area contributed by atoms with Crippen LogP contribution >= 0.6 is 0 Å². The molecule has 13 heavy (non-hydrogen) atoms. The molecule has 1 aromatic rings. The van der Waals surface area contributed by atoms with E-state index in [-0.39, 0.29) is 0 Å². The number of nitrogens with zero attached hydrogens (tertiary/aromatic N) is 2. The SMILES string of the molecule is CC(C)c1c[n+](C)n2c1CCCC2. The van der Waals surface area contributed by atoms with Crippen molar-refractivity contribution in [3.05, 3.63) is 17.5 Å². The van der Waals surface area contributed by atoms with Gasteiger partial charge in [0, 0.05) is 5.56 Å². The Hall–Kier alpha value is -0.790. The molecule has 0 aliphatic carbocycles. The van der Waals surface area contributed by atoms with Crippen LogP contribution in [-0.2, 0) is 20.0 Å². The fourth-order valence-electron chi connectivity index (χ4n) is 2.29. The maximum Gasteiger partial charge on any atom is 0.199 e. The third-order valence-corrected chi connectivity index (χ3v) is 3.01. The zero-order valence-electron chi connectivity index (χ0n) is 8.88. The highest BCUT2D eigenvalue weighted by atomic mass is 15.4. The Balaban J connectivity index is 2.47. The van der Waals surface area contributed by atoms with Gasteiger partial charge in [-0.1, -0.05) is 13.8 Å². The van der Waals surface area contributed by atoms with Gasteiger partial charge >= 0.3 is 0 Å². The van der Waals surface area contributed by atoms with E-state index in [9.17, 15) is 0 Å². The molecule has 0 saturated carbocycles. The molecule has 2 heterocycles. The molecule has 0 unspecified atom stereocenters. The molecule has 0 atom stereocenters. The van der Waals surface area contributed by atoms with Crippen LogP contribution in [0.5, 0.6) is 0 Å². The lowest BCUT2D eigenvalue weighted by atomic mass is 9.99. The number of hydrogen-bond acceptors (Lipinski definition) is 0. The molecule has 72 valence electrons. The van der Waals surface area contributed by atoms with Crippen molar-refractivity contribution in [2.45, 2.75) is 45.6 Å². The lowest BCUT2D eigenvalue weighted by Crippen LogP contribution is -2.40. The maximum absolute atomic E-state index is 2.43. The van der Waals surface area contributed by atoms with E-state index in [4.69, 9.17) is 0 Å². The molecule has 2 heteroatoms. The number of hydrogen-bond donors (Lipinski definition) is 0. The molecular weight excluding hydrogens is 160 g/mol. The number of rotatable bonds is 1. The van der Waals surface area contributed by atoms with Gasteiger partial charge in [0.2, 0.25) is 0 Å². The van der Waals surface area contributed by atoms with Gasteiger partial charge in [-0.05, 0) is 25.2 Å². The molecule has 0 aromatic carbocycles. The van der Waals surface area contributed by atoms with Crippen LogP contribution in [-0.4, -0.2) is 4.68 Å². The Labute approximate surface area is 80.2 Å². The summed E-state index contributed by atoms with van der Waals surface area (Å²) >= 11 is 0.